The number of nitro groups is 1. The lowest BCUT2D eigenvalue weighted by Gasteiger charge is -2.03. The summed E-state index contributed by atoms with van der Waals surface area (Å²) >= 11 is 0. The molecule has 0 aliphatic heterocycles. The molecule has 18 heavy (non-hydrogen) atoms. The second-order valence-corrected chi connectivity index (χ2v) is 3.95. The quantitative estimate of drug-likeness (QED) is 0.616. The average Bonchev–Trinajstić information content (AvgIpc) is 2.63. The van der Waals surface area contributed by atoms with Gasteiger partial charge in [0.1, 0.15) is 17.1 Å². The average molecular weight is 247 g/mol. The van der Waals surface area contributed by atoms with Gasteiger partial charge in [0.2, 0.25) is 6.20 Å². The van der Waals surface area contributed by atoms with E-state index in [1.807, 2.05) is 13.8 Å². The minimum atomic E-state index is -0.501. The van der Waals surface area contributed by atoms with Gasteiger partial charge in [-0.1, -0.05) is 0 Å². The number of benzene rings is 1. The van der Waals surface area contributed by atoms with Gasteiger partial charge in [0.25, 0.3) is 0 Å². The Morgan fingerprint density at radius 1 is 1.39 bits per heavy atom. The third-order valence-electron chi connectivity index (χ3n) is 2.90. The smallest absolute Gasteiger partial charge is 0.235 e. The number of ether oxygens (including phenoxy) is 1. The van der Waals surface area contributed by atoms with E-state index < -0.39 is 4.92 Å². The number of hydrogen-bond acceptors (Lipinski definition) is 4. The zero-order chi connectivity index (χ0) is 13.3. The molecule has 0 unspecified atom stereocenters. The Morgan fingerprint density at radius 3 is 2.72 bits per heavy atom. The zero-order valence-corrected chi connectivity index (χ0v) is 10.4. The number of fused-ring (bicyclic) bond motifs is 1. The summed E-state index contributed by atoms with van der Waals surface area (Å²) in [6.45, 7) is 3.79. The van der Waals surface area contributed by atoms with Crippen LogP contribution in [0.2, 0.25) is 0 Å². The minimum absolute atomic E-state index is 0.501. The molecule has 1 heterocycles. The monoisotopic (exact) mass is 247 g/mol. The van der Waals surface area contributed by atoms with Crippen LogP contribution in [0.4, 0.5) is 0 Å². The van der Waals surface area contributed by atoms with Crippen molar-refractivity contribution in [3.05, 3.63) is 45.3 Å². The SMILES string of the molecule is COc1ccc(/C=C/[N+](=O)[O-])c2oc(C)c(C)c12. The van der Waals surface area contributed by atoms with E-state index in [1.54, 1.807) is 19.2 Å². The van der Waals surface area contributed by atoms with Crippen molar-refractivity contribution >= 4 is 17.0 Å². The van der Waals surface area contributed by atoms with E-state index in [-0.39, 0.29) is 0 Å². The normalized spacial score (nSPS) is 11.3. The Bertz CT molecular complexity index is 640. The number of nitrogens with zero attached hydrogens (tertiary/aromatic N) is 1. The van der Waals surface area contributed by atoms with Crippen LogP contribution >= 0.6 is 0 Å². The van der Waals surface area contributed by atoms with E-state index in [0.29, 0.717) is 16.9 Å². The molecule has 2 aromatic rings. The lowest BCUT2D eigenvalue weighted by Crippen LogP contribution is -1.87. The maximum atomic E-state index is 10.4. The van der Waals surface area contributed by atoms with Crippen LogP contribution in [0.1, 0.15) is 16.9 Å². The van der Waals surface area contributed by atoms with Crippen molar-refractivity contribution < 1.29 is 14.1 Å². The van der Waals surface area contributed by atoms with Gasteiger partial charge in [-0.15, -0.1) is 0 Å². The van der Waals surface area contributed by atoms with Crippen molar-refractivity contribution in [1.29, 1.82) is 0 Å². The van der Waals surface area contributed by atoms with E-state index in [1.165, 1.54) is 6.08 Å². The van der Waals surface area contributed by atoms with E-state index in [4.69, 9.17) is 9.15 Å². The van der Waals surface area contributed by atoms with Gasteiger partial charge in [0, 0.05) is 17.2 Å². The lowest BCUT2D eigenvalue weighted by molar-refractivity contribution is -0.400. The first-order valence-corrected chi connectivity index (χ1v) is 5.43. The predicted molar refractivity (Wildman–Crippen MR) is 68.3 cm³/mol. The van der Waals surface area contributed by atoms with Crippen LogP contribution in [0, 0.1) is 24.0 Å². The van der Waals surface area contributed by atoms with Gasteiger partial charge < -0.3 is 9.15 Å². The molecule has 0 amide bonds. The molecule has 0 aliphatic rings. The highest BCUT2D eigenvalue weighted by molar-refractivity contribution is 5.94. The van der Waals surface area contributed by atoms with Crippen LogP contribution in [0.15, 0.2) is 22.7 Å². The largest absolute Gasteiger partial charge is 0.496 e. The molecule has 1 aromatic heterocycles. The molecule has 5 heteroatoms. The molecule has 0 fully saturated rings. The van der Waals surface area contributed by atoms with Crippen LogP contribution in [0.5, 0.6) is 5.75 Å². The number of methoxy groups -OCH3 is 1. The summed E-state index contributed by atoms with van der Waals surface area (Å²) in [4.78, 5) is 9.87. The first-order chi connectivity index (χ1) is 8.54. The van der Waals surface area contributed by atoms with Crippen molar-refractivity contribution in [2.75, 3.05) is 7.11 Å². The van der Waals surface area contributed by atoms with Crippen LogP contribution in [0.3, 0.4) is 0 Å². The van der Waals surface area contributed by atoms with Gasteiger partial charge >= 0.3 is 0 Å². The lowest BCUT2D eigenvalue weighted by atomic mass is 10.1. The van der Waals surface area contributed by atoms with Crippen LogP contribution < -0.4 is 4.74 Å². The van der Waals surface area contributed by atoms with Crippen molar-refractivity contribution in [2.24, 2.45) is 0 Å². The first-order valence-electron chi connectivity index (χ1n) is 5.43. The van der Waals surface area contributed by atoms with Gasteiger partial charge in [-0.3, -0.25) is 10.1 Å². The Labute approximate surface area is 104 Å². The fourth-order valence-corrected chi connectivity index (χ4v) is 1.89. The second-order valence-electron chi connectivity index (χ2n) is 3.95. The zero-order valence-electron chi connectivity index (χ0n) is 10.4. The molecule has 0 atom stereocenters. The van der Waals surface area contributed by atoms with E-state index in [9.17, 15) is 10.1 Å². The first kappa shape index (κ1) is 12.2. The molecule has 2 rings (SSSR count). The molecule has 0 saturated heterocycles. The molecule has 0 bridgehead atoms. The molecule has 94 valence electrons. The number of hydrogen-bond donors (Lipinski definition) is 0. The van der Waals surface area contributed by atoms with Gasteiger partial charge in [-0.05, 0) is 26.0 Å². The molecule has 0 spiro atoms. The van der Waals surface area contributed by atoms with Crippen molar-refractivity contribution in [1.82, 2.24) is 0 Å². The standard InChI is InChI=1S/C13H13NO4/c1-8-9(2)18-13-10(6-7-14(15)16)4-5-11(17-3)12(8)13/h4-7H,1-3H3/b7-6+. The highest BCUT2D eigenvalue weighted by Gasteiger charge is 2.14. The van der Waals surface area contributed by atoms with Gasteiger partial charge in [-0.25, -0.2) is 0 Å². The number of aryl methyl sites for hydroxylation is 2. The van der Waals surface area contributed by atoms with Gasteiger partial charge in [0.15, 0.2) is 0 Å². The van der Waals surface area contributed by atoms with Crippen molar-refractivity contribution in [3.8, 4) is 5.75 Å². The summed E-state index contributed by atoms with van der Waals surface area (Å²) < 4.78 is 10.9. The molecule has 0 N–H and O–H groups in total. The molecule has 5 nitrogen and oxygen atoms in total. The number of rotatable bonds is 3. The fourth-order valence-electron chi connectivity index (χ4n) is 1.89. The second kappa shape index (κ2) is 4.52. The number of furan rings is 1. The third kappa shape index (κ3) is 1.95. The van der Waals surface area contributed by atoms with Gasteiger partial charge in [-0.2, -0.15) is 0 Å². The topological polar surface area (TPSA) is 65.5 Å². The molecule has 1 aromatic carbocycles. The maximum absolute atomic E-state index is 10.4. The summed E-state index contributed by atoms with van der Waals surface area (Å²) in [6.07, 6.45) is 2.32. The van der Waals surface area contributed by atoms with Crippen molar-refractivity contribution in [2.45, 2.75) is 13.8 Å². The molecule has 0 radical (unpaired) electrons. The van der Waals surface area contributed by atoms with Crippen LogP contribution in [-0.2, 0) is 0 Å². The summed E-state index contributed by atoms with van der Waals surface area (Å²) in [5.74, 6) is 1.49. The molecular weight excluding hydrogens is 234 g/mol. The summed E-state index contributed by atoms with van der Waals surface area (Å²) in [5.41, 5.74) is 2.26. The van der Waals surface area contributed by atoms with Crippen LogP contribution in [0.25, 0.3) is 17.0 Å². The van der Waals surface area contributed by atoms with Crippen LogP contribution in [-0.4, -0.2) is 12.0 Å². The third-order valence-corrected chi connectivity index (χ3v) is 2.90. The molecular formula is C13H13NO4. The summed E-state index contributed by atoms with van der Waals surface area (Å²) in [5, 5.41) is 11.2. The predicted octanol–water partition coefficient (Wildman–Crippen LogP) is 3.31. The fraction of sp³-hybridized carbons (Fsp3) is 0.231. The molecule has 0 saturated carbocycles. The van der Waals surface area contributed by atoms with Crippen molar-refractivity contribution in [3.63, 3.8) is 0 Å². The van der Waals surface area contributed by atoms with E-state index in [0.717, 1.165) is 22.9 Å². The Hall–Kier alpha value is -2.30. The minimum Gasteiger partial charge on any atom is -0.496 e. The maximum Gasteiger partial charge on any atom is 0.235 e. The Balaban J connectivity index is 2.71. The van der Waals surface area contributed by atoms with Gasteiger partial charge in [0.05, 0.1) is 17.4 Å². The van der Waals surface area contributed by atoms with E-state index in [2.05, 4.69) is 0 Å². The highest BCUT2D eigenvalue weighted by atomic mass is 16.6. The highest BCUT2D eigenvalue weighted by Crippen LogP contribution is 2.35. The summed E-state index contributed by atoms with van der Waals surface area (Å²) in [7, 11) is 1.59. The molecule has 0 aliphatic carbocycles. The van der Waals surface area contributed by atoms with E-state index >= 15 is 0 Å². The Morgan fingerprint density at radius 2 is 2.11 bits per heavy atom. The Kier molecular flexibility index (Phi) is 3.06. The summed E-state index contributed by atoms with van der Waals surface area (Å²) in [6, 6.07) is 3.52.